The van der Waals surface area contributed by atoms with Gasteiger partial charge in [0.2, 0.25) is 5.91 Å². The van der Waals surface area contributed by atoms with Gasteiger partial charge in [0.15, 0.2) is 0 Å². The zero-order valence-electron chi connectivity index (χ0n) is 58.4. The van der Waals surface area contributed by atoms with Crippen molar-refractivity contribution in [1.82, 2.24) is 5.32 Å². The minimum absolute atomic E-state index is 0.0517. The monoisotopic (exact) mass is 1250 g/mol. The Kier molecular flexibility index (Phi) is 66.3. The van der Waals surface area contributed by atoms with Gasteiger partial charge in [-0.05, 0) is 96.3 Å². The first-order valence-electron chi connectivity index (χ1n) is 37.3. The highest BCUT2D eigenvalue weighted by molar-refractivity contribution is 7.47. The van der Waals surface area contributed by atoms with Gasteiger partial charge in [0.1, 0.15) is 13.2 Å². The summed E-state index contributed by atoms with van der Waals surface area (Å²) in [6, 6.07) is -0.875. The minimum Gasteiger partial charge on any atom is -0.387 e. The fraction of sp³-hybridized carbons (Fsp3) is 0.759. The molecule has 3 atom stereocenters. The van der Waals surface area contributed by atoms with Gasteiger partial charge < -0.3 is 19.8 Å². The smallest absolute Gasteiger partial charge is 0.387 e. The van der Waals surface area contributed by atoms with Crippen molar-refractivity contribution in [3.8, 4) is 0 Å². The molecule has 0 saturated heterocycles. The van der Waals surface area contributed by atoms with Gasteiger partial charge in [0, 0.05) is 6.42 Å². The van der Waals surface area contributed by atoms with Crippen LogP contribution in [0.2, 0.25) is 0 Å². The SMILES string of the molecule is CC/C=C\C/C=C\C/C=C\C/C=C\C/C=C\C/C=C\CCCCCCCCCCCCCCCCCCCCCCCCC(=O)NC(COP(=O)(O)OCC[N+](C)(C)C)C(O)/C=C/CC/C=C/CC/C=C/CCCCCCCCCCCCCCCCC. The van der Waals surface area contributed by atoms with E-state index in [9.17, 15) is 19.4 Å². The molecule has 8 nitrogen and oxygen atoms in total. The van der Waals surface area contributed by atoms with Crippen LogP contribution < -0.4 is 5.32 Å². The number of quaternary nitrogens is 1. The van der Waals surface area contributed by atoms with Crippen molar-refractivity contribution in [3.05, 3.63) is 109 Å². The molecule has 3 N–H and O–H groups in total. The van der Waals surface area contributed by atoms with Crippen LogP contribution in [0.15, 0.2) is 109 Å². The van der Waals surface area contributed by atoms with Gasteiger partial charge in [-0.15, -0.1) is 0 Å². The van der Waals surface area contributed by atoms with Gasteiger partial charge in [-0.3, -0.25) is 13.8 Å². The van der Waals surface area contributed by atoms with Crippen molar-refractivity contribution >= 4 is 13.7 Å². The number of hydrogen-bond acceptors (Lipinski definition) is 5. The van der Waals surface area contributed by atoms with Crippen molar-refractivity contribution in [3.63, 3.8) is 0 Å². The van der Waals surface area contributed by atoms with Crippen LogP contribution in [0.4, 0.5) is 0 Å². The number of phosphoric ester groups is 1. The summed E-state index contributed by atoms with van der Waals surface area (Å²) in [6.45, 7) is 4.70. The number of amides is 1. The molecule has 0 rings (SSSR count). The highest BCUT2D eigenvalue weighted by Gasteiger charge is 2.28. The van der Waals surface area contributed by atoms with Crippen LogP contribution in [0.1, 0.15) is 335 Å². The number of carbonyl (C=O) groups excluding carboxylic acids is 1. The molecule has 0 aromatic heterocycles. The average molecular weight is 1250 g/mol. The van der Waals surface area contributed by atoms with Crippen LogP contribution in [0.5, 0.6) is 0 Å². The molecule has 510 valence electrons. The Morgan fingerprint density at radius 3 is 1.05 bits per heavy atom. The molecule has 0 spiro atoms. The number of unbranched alkanes of at least 4 members (excludes halogenated alkanes) is 39. The number of phosphoric acid groups is 1. The second-order valence-electron chi connectivity index (χ2n) is 26.3. The molecule has 88 heavy (non-hydrogen) atoms. The summed E-state index contributed by atoms with van der Waals surface area (Å²) in [5.74, 6) is -0.188. The van der Waals surface area contributed by atoms with Gasteiger partial charge in [-0.25, -0.2) is 4.57 Å². The Morgan fingerprint density at radius 1 is 0.398 bits per heavy atom. The van der Waals surface area contributed by atoms with Crippen LogP contribution in [0, 0.1) is 0 Å². The molecule has 0 aromatic carbocycles. The van der Waals surface area contributed by atoms with Crippen LogP contribution in [0.3, 0.4) is 0 Å². The van der Waals surface area contributed by atoms with Gasteiger partial charge in [-0.2, -0.15) is 0 Å². The van der Waals surface area contributed by atoms with Crippen molar-refractivity contribution in [2.24, 2.45) is 0 Å². The van der Waals surface area contributed by atoms with Crippen LogP contribution >= 0.6 is 7.82 Å². The van der Waals surface area contributed by atoms with Crippen LogP contribution in [0.25, 0.3) is 0 Å². The van der Waals surface area contributed by atoms with Crippen LogP contribution in [-0.4, -0.2) is 73.4 Å². The standard InChI is InChI=1S/C79H143N2O6P/c1-6-8-10-12-14-16-18-20-22-24-26-28-30-32-33-34-35-36-37-38-39-40-41-42-43-44-45-46-47-49-51-53-55-57-59-61-63-65-67-69-71-73-79(83)80-77(76-87-88(84,85)86-75-74-81(3,4)5)78(82)72-70-68-66-64-62-60-58-56-54-52-50-48-31-29-27-25-23-21-19-17-15-13-11-9-7-2/h8,10,14,16,20,22,26,28,32-33,35-36,54,56,62,64,70,72,77-78,82H,6-7,9,11-13,15,17-19,21,23-25,27,29-31,34,37-53,55,57-61,63,65-69,71,73-76H2,1-5H3,(H-,80,83,84,85)/p+1/b10-8-,16-14-,22-20-,28-26-,33-32-,36-35-,56-54+,64-62+,72-70+. The summed E-state index contributed by atoms with van der Waals surface area (Å²) in [5, 5.41) is 14.0. The number of nitrogens with one attached hydrogen (secondary N) is 1. The molecule has 0 aromatic rings. The lowest BCUT2D eigenvalue weighted by atomic mass is 10.0. The second kappa shape index (κ2) is 68.5. The molecule has 0 bridgehead atoms. The first-order chi connectivity index (χ1) is 43.0. The Labute approximate surface area is 546 Å². The lowest BCUT2D eigenvalue weighted by Gasteiger charge is -2.25. The highest BCUT2D eigenvalue weighted by atomic mass is 31.2. The zero-order valence-corrected chi connectivity index (χ0v) is 59.3. The highest BCUT2D eigenvalue weighted by Crippen LogP contribution is 2.43. The molecular weight excluding hydrogens is 1100 g/mol. The lowest BCUT2D eigenvalue weighted by Crippen LogP contribution is -2.45. The number of hydrogen-bond donors (Lipinski definition) is 3. The summed E-state index contributed by atoms with van der Waals surface area (Å²) in [6.07, 6.45) is 101. The van der Waals surface area contributed by atoms with E-state index >= 15 is 0 Å². The number of carbonyl (C=O) groups is 1. The molecular formula is C79H144N2O6P+. The third-order valence-corrected chi connectivity index (χ3v) is 17.4. The summed E-state index contributed by atoms with van der Waals surface area (Å²) in [5.41, 5.74) is 0. The molecule has 3 unspecified atom stereocenters. The molecule has 0 aliphatic heterocycles. The molecule has 0 fully saturated rings. The first kappa shape index (κ1) is 85.2. The number of aliphatic hydroxyl groups is 1. The van der Waals surface area contributed by atoms with E-state index < -0.39 is 20.0 Å². The fourth-order valence-electron chi connectivity index (χ4n) is 10.7. The fourth-order valence-corrected chi connectivity index (χ4v) is 11.5. The molecule has 1 amide bonds. The van der Waals surface area contributed by atoms with E-state index in [-0.39, 0.29) is 19.1 Å². The van der Waals surface area contributed by atoms with Crippen molar-refractivity contribution in [1.29, 1.82) is 0 Å². The van der Waals surface area contributed by atoms with Crippen LogP contribution in [-0.2, 0) is 18.4 Å². The van der Waals surface area contributed by atoms with E-state index in [4.69, 9.17) is 9.05 Å². The molecule has 0 aliphatic rings. The zero-order chi connectivity index (χ0) is 64.1. The average Bonchev–Trinajstić information content (AvgIpc) is 3.71. The van der Waals surface area contributed by atoms with E-state index in [2.05, 4.69) is 116 Å². The largest absolute Gasteiger partial charge is 0.472 e. The van der Waals surface area contributed by atoms with E-state index in [0.717, 1.165) is 83.5 Å². The predicted octanol–water partition coefficient (Wildman–Crippen LogP) is 24.2. The van der Waals surface area contributed by atoms with Gasteiger partial charge in [0.05, 0.1) is 39.9 Å². The van der Waals surface area contributed by atoms with Crippen molar-refractivity contribution in [2.45, 2.75) is 347 Å². The van der Waals surface area contributed by atoms with Gasteiger partial charge in [-0.1, -0.05) is 342 Å². The summed E-state index contributed by atoms with van der Waals surface area (Å²) >= 11 is 0. The molecule has 0 aliphatic carbocycles. The quantitative estimate of drug-likeness (QED) is 0.0243. The Bertz CT molecular complexity index is 1810. The minimum atomic E-state index is -4.37. The Balaban J connectivity index is 4.02. The molecule has 0 heterocycles. The second-order valence-corrected chi connectivity index (χ2v) is 27.7. The van der Waals surface area contributed by atoms with Gasteiger partial charge in [0.25, 0.3) is 0 Å². The van der Waals surface area contributed by atoms with E-state index in [1.54, 1.807) is 6.08 Å². The molecule has 0 radical (unpaired) electrons. The number of nitrogens with zero attached hydrogens (tertiary/aromatic N) is 1. The van der Waals surface area contributed by atoms with Gasteiger partial charge >= 0.3 is 7.82 Å². The maximum absolute atomic E-state index is 13.1. The molecule has 9 heteroatoms. The summed E-state index contributed by atoms with van der Waals surface area (Å²) < 4.78 is 23.8. The number of likely N-dealkylation sites (N-methyl/N-ethyl adjacent to an activating group) is 1. The number of rotatable bonds is 68. The topological polar surface area (TPSA) is 105 Å². The third kappa shape index (κ3) is 70.6. The molecule has 0 saturated carbocycles. The normalized spacial score (nSPS) is 14.2. The van der Waals surface area contributed by atoms with E-state index in [1.807, 2.05) is 27.2 Å². The summed E-state index contributed by atoms with van der Waals surface area (Å²) in [7, 11) is 1.55. The lowest BCUT2D eigenvalue weighted by molar-refractivity contribution is -0.870. The number of aliphatic hydroxyl groups excluding tert-OH is 1. The Morgan fingerprint density at radius 2 is 0.693 bits per heavy atom. The third-order valence-electron chi connectivity index (χ3n) is 16.5. The first-order valence-corrected chi connectivity index (χ1v) is 38.8. The maximum atomic E-state index is 13.1. The maximum Gasteiger partial charge on any atom is 0.472 e. The van der Waals surface area contributed by atoms with Crippen molar-refractivity contribution < 1.29 is 32.9 Å². The summed E-state index contributed by atoms with van der Waals surface area (Å²) in [4.78, 5) is 23.4. The van der Waals surface area contributed by atoms with Crippen molar-refractivity contribution in [2.75, 3.05) is 40.9 Å². The predicted molar refractivity (Wildman–Crippen MR) is 387 cm³/mol. The van der Waals surface area contributed by atoms with E-state index in [1.165, 1.54) is 231 Å². The number of allylic oxidation sites excluding steroid dienone is 17. The van der Waals surface area contributed by atoms with E-state index in [0.29, 0.717) is 17.4 Å². The Hall–Kier alpha value is -2.84.